The molecule has 0 aliphatic heterocycles. The number of aliphatic hydroxyl groups is 2. The van der Waals surface area contributed by atoms with Crippen molar-refractivity contribution < 1.29 is 29.5 Å². The Kier molecular flexibility index (Phi) is 4.30. The Morgan fingerprint density at radius 1 is 1.32 bits per heavy atom. The minimum absolute atomic E-state index is 0.130. The first-order valence-corrected chi connectivity index (χ1v) is 5.22. The zero-order valence-electron chi connectivity index (χ0n) is 9.90. The Balaban J connectivity index is 2.99. The molecule has 8 nitrogen and oxygen atoms in total. The summed E-state index contributed by atoms with van der Waals surface area (Å²) in [6.07, 6.45) is 0. The lowest BCUT2D eigenvalue weighted by Gasteiger charge is -2.17. The van der Waals surface area contributed by atoms with E-state index in [1.807, 2.05) is 0 Å². The summed E-state index contributed by atoms with van der Waals surface area (Å²) in [7, 11) is 0. The summed E-state index contributed by atoms with van der Waals surface area (Å²) in [5, 5.41) is 29.2. The van der Waals surface area contributed by atoms with Crippen LogP contribution in [0.2, 0.25) is 0 Å². The molecule has 0 saturated heterocycles. The van der Waals surface area contributed by atoms with Gasteiger partial charge in [-0.3, -0.25) is 14.9 Å². The molecule has 2 N–H and O–H groups in total. The van der Waals surface area contributed by atoms with Crippen molar-refractivity contribution in [3.63, 3.8) is 0 Å². The molecule has 1 aromatic rings. The van der Waals surface area contributed by atoms with Crippen molar-refractivity contribution in [1.29, 1.82) is 0 Å². The Bertz CT molecular complexity index is 506. The van der Waals surface area contributed by atoms with Crippen LogP contribution in [0.1, 0.15) is 17.3 Å². The Labute approximate surface area is 107 Å². The number of benzene rings is 1. The highest BCUT2D eigenvalue weighted by molar-refractivity contribution is 6.13. The van der Waals surface area contributed by atoms with Crippen LogP contribution in [0.3, 0.4) is 0 Å². The van der Waals surface area contributed by atoms with Gasteiger partial charge >= 0.3 is 11.8 Å². The molecule has 8 heteroatoms. The fourth-order valence-electron chi connectivity index (χ4n) is 1.26. The van der Waals surface area contributed by atoms with E-state index in [1.54, 1.807) is 0 Å². The largest absolute Gasteiger partial charge is 0.462 e. The monoisotopic (exact) mass is 269 g/mol. The first kappa shape index (κ1) is 14.7. The van der Waals surface area contributed by atoms with E-state index < -0.39 is 22.5 Å². The molecule has 0 aliphatic carbocycles. The van der Waals surface area contributed by atoms with Gasteiger partial charge in [-0.2, -0.15) is 0 Å². The second kappa shape index (κ2) is 5.55. The molecular formula is C11H11NO7. The Morgan fingerprint density at radius 3 is 2.26 bits per heavy atom. The number of rotatable bonds is 5. The van der Waals surface area contributed by atoms with Crippen molar-refractivity contribution in [3.8, 4) is 0 Å². The Hall–Kier alpha value is -2.32. The van der Waals surface area contributed by atoms with E-state index in [-0.39, 0.29) is 17.9 Å². The molecule has 0 atom stereocenters. The summed E-state index contributed by atoms with van der Waals surface area (Å²) in [5.41, 5.74) is -0.530. The topological polar surface area (TPSA) is 127 Å². The molecule has 102 valence electrons. The number of carbonyl (C=O) groups excluding carboxylic acids is 2. The van der Waals surface area contributed by atoms with Gasteiger partial charge in [0.25, 0.3) is 5.69 Å². The fraction of sp³-hybridized carbons (Fsp3) is 0.273. The molecule has 1 rings (SSSR count). The molecule has 0 aliphatic rings. The van der Waals surface area contributed by atoms with Crippen molar-refractivity contribution in [2.45, 2.75) is 12.7 Å². The van der Waals surface area contributed by atoms with E-state index >= 15 is 0 Å². The van der Waals surface area contributed by atoms with E-state index in [0.717, 1.165) is 24.3 Å². The number of ketones is 1. The van der Waals surface area contributed by atoms with E-state index in [0.29, 0.717) is 0 Å². The van der Waals surface area contributed by atoms with Crippen LogP contribution in [0.25, 0.3) is 0 Å². The van der Waals surface area contributed by atoms with Crippen molar-refractivity contribution >= 4 is 17.4 Å². The minimum Gasteiger partial charge on any atom is -0.462 e. The zero-order chi connectivity index (χ0) is 14.6. The number of ether oxygens (including phenoxy) is 1. The number of carbonyl (C=O) groups is 2. The third-order valence-corrected chi connectivity index (χ3v) is 2.22. The molecule has 0 radical (unpaired) electrons. The number of nitro groups is 1. The van der Waals surface area contributed by atoms with Crippen LogP contribution in [0, 0.1) is 10.1 Å². The fourth-order valence-corrected chi connectivity index (χ4v) is 1.26. The smallest absolute Gasteiger partial charge is 0.375 e. The van der Waals surface area contributed by atoms with Crippen LogP contribution in [0.4, 0.5) is 5.69 Å². The van der Waals surface area contributed by atoms with Gasteiger partial charge in [0.2, 0.25) is 5.78 Å². The van der Waals surface area contributed by atoms with Crippen molar-refractivity contribution in [2.24, 2.45) is 0 Å². The van der Waals surface area contributed by atoms with Crippen LogP contribution in [0.15, 0.2) is 24.3 Å². The quantitative estimate of drug-likeness (QED) is 0.192. The molecule has 0 bridgehead atoms. The summed E-state index contributed by atoms with van der Waals surface area (Å²) >= 11 is 0. The third-order valence-electron chi connectivity index (χ3n) is 2.22. The van der Waals surface area contributed by atoms with Gasteiger partial charge < -0.3 is 14.9 Å². The maximum Gasteiger partial charge on any atom is 0.375 e. The van der Waals surface area contributed by atoms with E-state index in [9.17, 15) is 29.9 Å². The molecule has 19 heavy (non-hydrogen) atoms. The number of hydrogen-bond acceptors (Lipinski definition) is 7. The van der Waals surface area contributed by atoms with E-state index in [2.05, 4.69) is 4.74 Å². The summed E-state index contributed by atoms with van der Waals surface area (Å²) in [6, 6.07) is 4.05. The number of non-ortho nitro benzene ring substituents is 1. The SMILES string of the molecule is CCOC(=O)C(O)(O)C(=O)c1ccc([N+](=O)[O-])cc1. The van der Waals surface area contributed by atoms with E-state index in [4.69, 9.17) is 0 Å². The lowest BCUT2D eigenvalue weighted by Crippen LogP contribution is -2.47. The van der Waals surface area contributed by atoms with Crippen LogP contribution in [-0.4, -0.2) is 39.3 Å². The number of nitrogens with zero attached hydrogens (tertiary/aromatic N) is 1. The molecule has 0 heterocycles. The van der Waals surface area contributed by atoms with Crippen LogP contribution in [-0.2, 0) is 9.53 Å². The summed E-state index contributed by atoms with van der Waals surface area (Å²) in [6.45, 7) is 1.31. The maximum atomic E-state index is 11.7. The van der Waals surface area contributed by atoms with Crippen molar-refractivity contribution in [1.82, 2.24) is 0 Å². The molecule has 1 aromatic carbocycles. The summed E-state index contributed by atoms with van der Waals surface area (Å²) in [5.74, 6) is -6.13. The average Bonchev–Trinajstić information content (AvgIpc) is 2.38. The highest BCUT2D eigenvalue weighted by atomic mass is 16.6. The maximum absolute atomic E-state index is 11.7. The van der Waals surface area contributed by atoms with Crippen LogP contribution in [0.5, 0.6) is 0 Å². The highest BCUT2D eigenvalue weighted by Gasteiger charge is 2.44. The lowest BCUT2D eigenvalue weighted by atomic mass is 10.0. The molecule has 0 unspecified atom stereocenters. The second-order valence-electron chi connectivity index (χ2n) is 3.53. The lowest BCUT2D eigenvalue weighted by molar-refractivity contribution is -0.384. The van der Waals surface area contributed by atoms with Gasteiger partial charge in [0.05, 0.1) is 11.5 Å². The predicted molar refractivity (Wildman–Crippen MR) is 61.2 cm³/mol. The van der Waals surface area contributed by atoms with Gasteiger partial charge in [0.15, 0.2) is 0 Å². The van der Waals surface area contributed by atoms with Gasteiger partial charge in [0, 0.05) is 17.7 Å². The zero-order valence-corrected chi connectivity index (χ0v) is 9.90. The van der Waals surface area contributed by atoms with Gasteiger partial charge in [-0.15, -0.1) is 0 Å². The van der Waals surface area contributed by atoms with Gasteiger partial charge in [-0.1, -0.05) is 0 Å². The summed E-state index contributed by atoms with van der Waals surface area (Å²) < 4.78 is 4.34. The van der Waals surface area contributed by atoms with Crippen molar-refractivity contribution in [2.75, 3.05) is 6.61 Å². The summed E-state index contributed by atoms with van der Waals surface area (Å²) in [4.78, 5) is 32.6. The molecule has 0 spiro atoms. The number of hydrogen-bond donors (Lipinski definition) is 2. The van der Waals surface area contributed by atoms with Crippen LogP contribution >= 0.6 is 0 Å². The normalized spacial score (nSPS) is 10.9. The van der Waals surface area contributed by atoms with Gasteiger partial charge in [0.1, 0.15) is 0 Å². The standard InChI is InChI=1S/C11H11NO7/c1-2-19-10(14)11(15,16)9(13)7-3-5-8(6-4-7)12(17)18/h3-6,15-16H,2H2,1H3. The van der Waals surface area contributed by atoms with Crippen LogP contribution < -0.4 is 0 Å². The minimum atomic E-state index is -3.31. The highest BCUT2D eigenvalue weighted by Crippen LogP contribution is 2.17. The van der Waals surface area contributed by atoms with Gasteiger partial charge in [-0.25, -0.2) is 4.79 Å². The predicted octanol–water partition coefficient (Wildman–Crippen LogP) is 0.0215. The molecular weight excluding hydrogens is 258 g/mol. The molecule has 0 fully saturated rings. The van der Waals surface area contributed by atoms with Gasteiger partial charge in [-0.05, 0) is 19.1 Å². The molecule has 0 saturated carbocycles. The Morgan fingerprint density at radius 2 is 1.84 bits per heavy atom. The number of esters is 1. The van der Waals surface area contributed by atoms with E-state index in [1.165, 1.54) is 6.92 Å². The molecule has 0 amide bonds. The third kappa shape index (κ3) is 3.12. The average molecular weight is 269 g/mol. The first-order chi connectivity index (χ1) is 8.80. The molecule has 0 aromatic heterocycles. The van der Waals surface area contributed by atoms with Crippen molar-refractivity contribution in [3.05, 3.63) is 39.9 Å². The number of nitro benzene ring substituents is 1. The first-order valence-electron chi connectivity index (χ1n) is 5.22. The second-order valence-corrected chi connectivity index (χ2v) is 3.53. The number of Topliss-reactive ketones (excluding diaryl/α,β-unsaturated/α-hetero) is 1.